The molecule has 1 aromatic rings. The number of carbonyl (C=O) groups excluding carboxylic acids is 1. The average molecular weight is 309 g/mol. The molecule has 0 saturated carbocycles. The van der Waals surface area contributed by atoms with E-state index in [2.05, 4.69) is 5.32 Å². The molecule has 0 saturated heterocycles. The van der Waals surface area contributed by atoms with E-state index in [-0.39, 0.29) is 12.0 Å². The number of carboxylic acids is 1. The van der Waals surface area contributed by atoms with Gasteiger partial charge in [0.2, 0.25) is 5.91 Å². The Kier molecular flexibility index (Phi) is 5.74. The molecule has 0 aliphatic carbocycles. The third-order valence-electron chi connectivity index (χ3n) is 3.68. The number of benzene rings is 1. The number of aliphatic carboxylic acids is 1. The third kappa shape index (κ3) is 3.96. The molecule has 112 valence electrons. The van der Waals surface area contributed by atoms with Crippen molar-refractivity contribution in [3.8, 4) is 6.07 Å². The van der Waals surface area contributed by atoms with Gasteiger partial charge in [-0.1, -0.05) is 25.4 Å². The first kappa shape index (κ1) is 17.0. The Morgan fingerprint density at radius 2 is 2.00 bits per heavy atom. The fourth-order valence-electron chi connectivity index (χ4n) is 2.08. The predicted octanol–water partition coefficient (Wildman–Crippen LogP) is 3.43. The Hall–Kier alpha value is -2.06. The first-order valence-corrected chi connectivity index (χ1v) is 6.99. The summed E-state index contributed by atoms with van der Waals surface area (Å²) in [5.41, 5.74) is -0.383. The van der Waals surface area contributed by atoms with Crippen molar-refractivity contribution < 1.29 is 14.7 Å². The third-order valence-corrected chi connectivity index (χ3v) is 4.01. The SMILES string of the molecule is CCC(CC)(CC(=O)Nc1ccc(Cl)c(C#N)c1)C(=O)O. The van der Waals surface area contributed by atoms with Crippen LogP contribution in [0.4, 0.5) is 5.69 Å². The van der Waals surface area contributed by atoms with Gasteiger partial charge in [0, 0.05) is 12.1 Å². The Bertz CT molecular complexity index is 589. The number of nitrogens with one attached hydrogen (secondary N) is 1. The van der Waals surface area contributed by atoms with Crippen molar-refractivity contribution in [1.82, 2.24) is 0 Å². The highest BCUT2D eigenvalue weighted by atomic mass is 35.5. The number of halogens is 1. The monoisotopic (exact) mass is 308 g/mol. The highest BCUT2D eigenvalue weighted by Crippen LogP contribution is 2.31. The van der Waals surface area contributed by atoms with Crippen LogP contribution >= 0.6 is 11.6 Å². The average Bonchev–Trinajstić information content (AvgIpc) is 2.46. The maximum atomic E-state index is 12.0. The fourth-order valence-corrected chi connectivity index (χ4v) is 2.24. The van der Waals surface area contributed by atoms with Gasteiger partial charge < -0.3 is 10.4 Å². The van der Waals surface area contributed by atoms with Crippen molar-refractivity contribution in [2.24, 2.45) is 5.41 Å². The molecule has 0 aliphatic heterocycles. The summed E-state index contributed by atoms with van der Waals surface area (Å²) in [4.78, 5) is 23.4. The van der Waals surface area contributed by atoms with Crippen LogP contribution in [0.15, 0.2) is 18.2 Å². The number of hydrogen-bond acceptors (Lipinski definition) is 3. The summed E-state index contributed by atoms with van der Waals surface area (Å²) in [5, 5.41) is 21.1. The second kappa shape index (κ2) is 7.09. The number of rotatable bonds is 6. The molecule has 0 bridgehead atoms. The molecule has 0 radical (unpaired) electrons. The number of carboxylic acid groups (broad SMARTS) is 1. The van der Waals surface area contributed by atoms with Gasteiger partial charge in [0.25, 0.3) is 0 Å². The lowest BCUT2D eigenvalue weighted by molar-refractivity contribution is -0.151. The van der Waals surface area contributed by atoms with Crippen LogP contribution < -0.4 is 5.32 Å². The van der Waals surface area contributed by atoms with E-state index in [0.29, 0.717) is 23.6 Å². The summed E-state index contributed by atoms with van der Waals surface area (Å²) >= 11 is 5.81. The molecule has 0 fully saturated rings. The molecule has 0 aromatic heterocycles. The summed E-state index contributed by atoms with van der Waals surface area (Å²) in [6.45, 7) is 3.50. The molecule has 0 heterocycles. The zero-order valence-electron chi connectivity index (χ0n) is 11.9. The maximum absolute atomic E-state index is 12.0. The van der Waals surface area contributed by atoms with Gasteiger partial charge in [-0.25, -0.2) is 0 Å². The van der Waals surface area contributed by atoms with E-state index in [1.807, 2.05) is 6.07 Å². The van der Waals surface area contributed by atoms with Crippen LogP contribution in [0.1, 0.15) is 38.7 Å². The normalized spacial score (nSPS) is 10.8. The van der Waals surface area contributed by atoms with Gasteiger partial charge in [-0.2, -0.15) is 5.26 Å². The molecular formula is C15H17ClN2O3. The number of nitrogens with zero attached hydrogens (tertiary/aromatic N) is 1. The molecular weight excluding hydrogens is 292 g/mol. The van der Waals surface area contributed by atoms with Gasteiger partial charge in [0.05, 0.1) is 16.0 Å². The van der Waals surface area contributed by atoms with Gasteiger partial charge in [0.1, 0.15) is 6.07 Å². The molecule has 21 heavy (non-hydrogen) atoms. The molecule has 1 aromatic carbocycles. The smallest absolute Gasteiger partial charge is 0.310 e. The Balaban J connectivity index is 2.87. The largest absolute Gasteiger partial charge is 0.481 e. The lowest BCUT2D eigenvalue weighted by atomic mass is 9.79. The van der Waals surface area contributed by atoms with Crippen molar-refractivity contribution in [3.63, 3.8) is 0 Å². The van der Waals surface area contributed by atoms with E-state index in [0.717, 1.165) is 0 Å². The van der Waals surface area contributed by atoms with Gasteiger partial charge in [-0.15, -0.1) is 0 Å². The van der Waals surface area contributed by atoms with Crippen LogP contribution in [0.25, 0.3) is 0 Å². The summed E-state index contributed by atoms with van der Waals surface area (Å²) in [7, 11) is 0. The highest BCUT2D eigenvalue weighted by molar-refractivity contribution is 6.31. The molecule has 0 atom stereocenters. The summed E-state index contributed by atoms with van der Waals surface area (Å²) < 4.78 is 0. The van der Waals surface area contributed by atoms with Crippen LogP contribution in [0.5, 0.6) is 0 Å². The number of amides is 1. The van der Waals surface area contributed by atoms with Gasteiger partial charge in [-0.3, -0.25) is 9.59 Å². The second-order valence-corrected chi connectivity index (χ2v) is 5.23. The van der Waals surface area contributed by atoms with E-state index < -0.39 is 17.3 Å². The summed E-state index contributed by atoms with van der Waals surface area (Å²) in [5.74, 6) is -1.37. The number of anilines is 1. The molecule has 0 unspecified atom stereocenters. The van der Waals surface area contributed by atoms with Crippen LogP contribution in [-0.2, 0) is 9.59 Å². The zero-order chi connectivity index (χ0) is 16.0. The van der Waals surface area contributed by atoms with Gasteiger partial charge >= 0.3 is 5.97 Å². The van der Waals surface area contributed by atoms with E-state index in [4.69, 9.17) is 16.9 Å². The molecule has 6 heteroatoms. The van der Waals surface area contributed by atoms with Crippen LogP contribution in [0.3, 0.4) is 0 Å². The van der Waals surface area contributed by atoms with Crippen LogP contribution in [0.2, 0.25) is 5.02 Å². The minimum atomic E-state index is -1.06. The predicted molar refractivity (Wildman–Crippen MR) is 80.1 cm³/mol. The lowest BCUT2D eigenvalue weighted by Crippen LogP contribution is -2.34. The lowest BCUT2D eigenvalue weighted by Gasteiger charge is -2.25. The molecule has 2 N–H and O–H groups in total. The molecule has 5 nitrogen and oxygen atoms in total. The van der Waals surface area contributed by atoms with E-state index >= 15 is 0 Å². The van der Waals surface area contributed by atoms with E-state index in [1.165, 1.54) is 12.1 Å². The Morgan fingerprint density at radius 3 is 2.48 bits per heavy atom. The molecule has 0 spiro atoms. The summed E-state index contributed by atoms with van der Waals surface area (Å²) in [6.07, 6.45) is 0.631. The van der Waals surface area contributed by atoms with Crippen molar-refractivity contribution in [3.05, 3.63) is 28.8 Å². The fraction of sp³-hybridized carbons (Fsp3) is 0.400. The topological polar surface area (TPSA) is 90.2 Å². The standard InChI is InChI=1S/C15H17ClN2O3/c1-3-15(4-2,14(20)21)8-13(19)18-11-5-6-12(16)10(7-11)9-17/h5-7H,3-4,8H2,1-2H3,(H,18,19)(H,20,21). The van der Waals surface area contributed by atoms with Crippen LogP contribution in [0, 0.1) is 16.7 Å². The van der Waals surface area contributed by atoms with Crippen LogP contribution in [-0.4, -0.2) is 17.0 Å². The Labute approximate surface area is 128 Å². The summed E-state index contributed by atoms with van der Waals surface area (Å²) in [6, 6.07) is 6.46. The first-order chi connectivity index (χ1) is 9.88. The van der Waals surface area contributed by atoms with Gasteiger partial charge in [0.15, 0.2) is 0 Å². The molecule has 1 rings (SSSR count). The number of nitriles is 1. The second-order valence-electron chi connectivity index (χ2n) is 4.82. The van der Waals surface area contributed by atoms with Gasteiger partial charge in [-0.05, 0) is 31.0 Å². The maximum Gasteiger partial charge on any atom is 0.310 e. The quantitative estimate of drug-likeness (QED) is 0.842. The number of carbonyl (C=O) groups is 2. The van der Waals surface area contributed by atoms with E-state index in [9.17, 15) is 14.7 Å². The Morgan fingerprint density at radius 1 is 1.38 bits per heavy atom. The number of hydrogen-bond donors (Lipinski definition) is 2. The first-order valence-electron chi connectivity index (χ1n) is 6.61. The highest BCUT2D eigenvalue weighted by Gasteiger charge is 2.37. The minimum absolute atomic E-state index is 0.111. The van der Waals surface area contributed by atoms with Crippen molar-refractivity contribution in [2.45, 2.75) is 33.1 Å². The van der Waals surface area contributed by atoms with E-state index in [1.54, 1.807) is 19.9 Å². The van der Waals surface area contributed by atoms with Crippen molar-refractivity contribution in [2.75, 3.05) is 5.32 Å². The molecule has 0 aliphatic rings. The minimum Gasteiger partial charge on any atom is -0.481 e. The van der Waals surface area contributed by atoms with Crippen molar-refractivity contribution >= 4 is 29.2 Å². The van der Waals surface area contributed by atoms with Crippen molar-refractivity contribution in [1.29, 1.82) is 5.26 Å². The molecule has 1 amide bonds. The zero-order valence-corrected chi connectivity index (χ0v) is 12.7.